The SMILES string of the molecule is C=Cc1cc(C2C(C(=O)Nc3ccc(Cl)c(C(=O)Nc4ccc(F)cc4F)c3)C2(Cl)Cl)ccc1F. The summed E-state index contributed by atoms with van der Waals surface area (Å²) >= 11 is 18.8. The Bertz CT molecular complexity index is 1360. The quantitative estimate of drug-likeness (QED) is 0.326. The third kappa shape index (κ3) is 5.03. The molecule has 1 aliphatic rings. The van der Waals surface area contributed by atoms with Gasteiger partial charge < -0.3 is 10.6 Å². The van der Waals surface area contributed by atoms with Crippen molar-refractivity contribution in [3.8, 4) is 0 Å². The summed E-state index contributed by atoms with van der Waals surface area (Å²) in [4.78, 5) is 25.6. The molecule has 2 unspecified atom stereocenters. The standard InChI is InChI=1S/C25H16Cl3F3N2O2/c1-2-12-9-13(3-7-18(12)30)21-22(25(21,27)28)24(35)32-15-5-6-17(26)16(11-15)23(34)33-20-8-4-14(29)10-19(20)31/h2-11,21-22H,1H2,(H,32,35)(H,33,34). The van der Waals surface area contributed by atoms with E-state index in [0.29, 0.717) is 11.6 Å². The van der Waals surface area contributed by atoms with Crippen molar-refractivity contribution < 1.29 is 22.8 Å². The fourth-order valence-corrected chi connectivity index (χ4v) is 4.79. The smallest absolute Gasteiger partial charge is 0.257 e. The average Bonchev–Trinajstić information content (AvgIpc) is 3.39. The summed E-state index contributed by atoms with van der Waals surface area (Å²) in [6, 6.07) is 11.1. The minimum atomic E-state index is -1.42. The first-order valence-electron chi connectivity index (χ1n) is 10.2. The van der Waals surface area contributed by atoms with Crippen LogP contribution in [0.4, 0.5) is 24.5 Å². The zero-order valence-electron chi connectivity index (χ0n) is 17.7. The molecular weight excluding hydrogens is 524 g/mol. The molecule has 10 heteroatoms. The van der Waals surface area contributed by atoms with Gasteiger partial charge in [0, 0.05) is 23.2 Å². The topological polar surface area (TPSA) is 58.2 Å². The maximum absolute atomic E-state index is 13.9. The predicted molar refractivity (Wildman–Crippen MR) is 132 cm³/mol. The number of halogens is 6. The Morgan fingerprint density at radius 1 is 0.943 bits per heavy atom. The highest BCUT2D eigenvalue weighted by atomic mass is 35.5. The van der Waals surface area contributed by atoms with Crippen LogP contribution >= 0.6 is 34.8 Å². The molecule has 2 amide bonds. The molecule has 0 radical (unpaired) electrons. The molecule has 0 aromatic heterocycles. The molecule has 180 valence electrons. The van der Waals surface area contributed by atoms with Gasteiger partial charge in [-0.05, 0) is 48.0 Å². The zero-order valence-corrected chi connectivity index (χ0v) is 20.0. The molecule has 4 nitrogen and oxygen atoms in total. The number of nitrogens with one attached hydrogen (secondary N) is 2. The number of carbonyl (C=O) groups is 2. The molecule has 2 N–H and O–H groups in total. The third-order valence-corrected chi connectivity index (χ3v) is 6.86. The first-order chi connectivity index (χ1) is 16.5. The molecule has 3 aromatic carbocycles. The third-order valence-electron chi connectivity index (χ3n) is 5.59. The van der Waals surface area contributed by atoms with E-state index in [4.69, 9.17) is 34.8 Å². The van der Waals surface area contributed by atoms with E-state index in [1.807, 2.05) is 0 Å². The van der Waals surface area contributed by atoms with Crippen molar-refractivity contribution in [2.24, 2.45) is 5.92 Å². The summed E-state index contributed by atoms with van der Waals surface area (Å²) in [5, 5.41) is 4.99. The Morgan fingerprint density at radius 2 is 1.69 bits per heavy atom. The molecule has 35 heavy (non-hydrogen) atoms. The van der Waals surface area contributed by atoms with E-state index in [9.17, 15) is 22.8 Å². The van der Waals surface area contributed by atoms with Gasteiger partial charge in [-0.15, -0.1) is 23.2 Å². The second-order valence-corrected chi connectivity index (χ2v) is 9.73. The summed E-state index contributed by atoms with van der Waals surface area (Å²) < 4.78 is 39.4. The van der Waals surface area contributed by atoms with Crippen LogP contribution in [0.2, 0.25) is 5.02 Å². The van der Waals surface area contributed by atoms with Crippen LogP contribution in [-0.2, 0) is 4.79 Å². The van der Waals surface area contributed by atoms with Crippen LogP contribution in [0, 0.1) is 23.4 Å². The van der Waals surface area contributed by atoms with Crippen LogP contribution in [0.25, 0.3) is 6.08 Å². The lowest BCUT2D eigenvalue weighted by Gasteiger charge is -2.11. The Balaban J connectivity index is 1.52. The van der Waals surface area contributed by atoms with Gasteiger partial charge in [-0.3, -0.25) is 9.59 Å². The fourth-order valence-electron chi connectivity index (χ4n) is 3.76. The number of carbonyl (C=O) groups excluding carboxylic acids is 2. The van der Waals surface area contributed by atoms with E-state index in [2.05, 4.69) is 17.2 Å². The average molecular weight is 540 g/mol. The van der Waals surface area contributed by atoms with Gasteiger partial charge in [-0.25, -0.2) is 13.2 Å². The van der Waals surface area contributed by atoms with Gasteiger partial charge in [0.15, 0.2) is 0 Å². The van der Waals surface area contributed by atoms with Crippen LogP contribution in [-0.4, -0.2) is 16.1 Å². The summed E-state index contributed by atoms with van der Waals surface area (Å²) in [5.41, 5.74) is 0.741. The molecule has 0 spiro atoms. The lowest BCUT2D eigenvalue weighted by Crippen LogP contribution is -2.18. The lowest BCUT2D eigenvalue weighted by atomic mass is 10.0. The largest absolute Gasteiger partial charge is 0.326 e. The highest BCUT2D eigenvalue weighted by Gasteiger charge is 2.67. The van der Waals surface area contributed by atoms with Crippen LogP contribution in [0.5, 0.6) is 0 Å². The van der Waals surface area contributed by atoms with Crippen LogP contribution < -0.4 is 10.6 Å². The predicted octanol–water partition coefficient (Wildman–Crippen LogP) is 7.18. The van der Waals surface area contributed by atoms with E-state index in [1.54, 1.807) is 0 Å². The second-order valence-electron chi connectivity index (χ2n) is 7.88. The van der Waals surface area contributed by atoms with Gasteiger partial charge in [0.05, 0.1) is 22.2 Å². The summed E-state index contributed by atoms with van der Waals surface area (Å²) in [6.07, 6.45) is 1.35. The molecule has 2 atom stereocenters. The number of hydrogen-bond donors (Lipinski definition) is 2. The molecule has 3 aromatic rings. The number of hydrogen-bond acceptors (Lipinski definition) is 2. The minimum Gasteiger partial charge on any atom is -0.326 e. The number of anilines is 2. The molecule has 0 aliphatic heterocycles. The molecule has 1 aliphatic carbocycles. The highest BCUT2D eigenvalue weighted by Crippen LogP contribution is 2.65. The van der Waals surface area contributed by atoms with Gasteiger partial charge in [-0.2, -0.15) is 0 Å². The molecule has 0 heterocycles. The number of benzene rings is 3. The first kappa shape index (κ1) is 25.1. The van der Waals surface area contributed by atoms with Gasteiger partial charge in [0.1, 0.15) is 21.8 Å². The van der Waals surface area contributed by atoms with Gasteiger partial charge >= 0.3 is 0 Å². The Kier molecular flexibility index (Phi) is 6.86. The molecule has 0 bridgehead atoms. The molecular formula is C25H16Cl3F3N2O2. The van der Waals surface area contributed by atoms with Gasteiger partial charge in [-0.1, -0.05) is 30.3 Å². The van der Waals surface area contributed by atoms with Crippen molar-refractivity contribution >= 4 is 64.1 Å². The molecule has 1 saturated carbocycles. The van der Waals surface area contributed by atoms with Crippen LogP contribution in [0.1, 0.15) is 27.4 Å². The van der Waals surface area contributed by atoms with E-state index >= 15 is 0 Å². The van der Waals surface area contributed by atoms with E-state index in [0.717, 1.165) is 12.1 Å². The summed E-state index contributed by atoms with van der Waals surface area (Å²) in [5.74, 6) is -4.96. The fraction of sp³-hybridized carbons (Fsp3) is 0.120. The van der Waals surface area contributed by atoms with Crippen molar-refractivity contribution in [3.63, 3.8) is 0 Å². The number of amides is 2. The molecule has 1 fully saturated rings. The van der Waals surface area contributed by atoms with Gasteiger partial charge in [0.2, 0.25) is 5.91 Å². The minimum absolute atomic E-state index is 0.0413. The van der Waals surface area contributed by atoms with E-state index in [-0.39, 0.29) is 27.5 Å². The Morgan fingerprint density at radius 3 is 2.37 bits per heavy atom. The van der Waals surface area contributed by atoms with Crippen molar-refractivity contribution in [1.82, 2.24) is 0 Å². The summed E-state index contributed by atoms with van der Waals surface area (Å²) in [6.45, 7) is 3.56. The van der Waals surface area contributed by atoms with Crippen molar-refractivity contribution in [1.29, 1.82) is 0 Å². The molecule has 0 saturated heterocycles. The lowest BCUT2D eigenvalue weighted by molar-refractivity contribution is -0.117. The van der Waals surface area contributed by atoms with Gasteiger partial charge in [0.25, 0.3) is 5.91 Å². The molecule has 4 rings (SSSR count). The maximum atomic E-state index is 13.9. The normalized spacial score (nSPS) is 18.0. The van der Waals surface area contributed by atoms with Crippen molar-refractivity contribution in [2.75, 3.05) is 10.6 Å². The van der Waals surface area contributed by atoms with E-state index < -0.39 is 45.4 Å². The number of alkyl halides is 2. The van der Waals surface area contributed by atoms with Crippen LogP contribution in [0.3, 0.4) is 0 Å². The zero-order chi connectivity index (χ0) is 25.5. The number of rotatable bonds is 6. The van der Waals surface area contributed by atoms with Crippen molar-refractivity contribution in [2.45, 2.75) is 10.3 Å². The second kappa shape index (κ2) is 9.57. The summed E-state index contributed by atoms with van der Waals surface area (Å²) in [7, 11) is 0. The van der Waals surface area contributed by atoms with Crippen molar-refractivity contribution in [3.05, 3.63) is 100 Å². The van der Waals surface area contributed by atoms with Crippen LogP contribution in [0.15, 0.2) is 61.2 Å². The highest BCUT2D eigenvalue weighted by molar-refractivity contribution is 6.53. The monoisotopic (exact) mass is 538 g/mol. The first-order valence-corrected chi connectivity index (χ1v) is 11.3. The maximum Gasteiger partial charge on any atom is 0.257 e. The van der Waals surface area contributed by atoms with E-state index in [1.165, 1.54) is 42.5 Å². The Labute approximate surface area is 213 Å². The Hall–Kier alpha value is -3.00.